The number of carbonyl (C=O) groups is 1. The van der Waals surface area contributed by atoms with E-state index in [0.717, 1.165) is 42.5 Å². The van der Waals surface area contributed by atoms with E-state index in [4.69, 9.17) is 5.73 Å². The molecule has 25 heavy (non-hydrogen) atoms. The molecule has 1 heterocycles. The molecule has 0 bridgehead atoms. The number of rotatable bonds is 5. The van der Waals surface area contributed by atoms with Crippen LogP contribution in [-0.4, -0.2) is 25.5 Å². The standard InChI is InChI=1S/C21H25N3O/c22-18-6-2-1-5-17(18)11-12-21(25)24-14-13-23(15-16-9-10-16)19-7-3-4-8-20(19)24/h1-8,16H,9-15,22H2. The van der Waals surface area contributed by atoms with Crippen LogP contribution >= 0.6 is 0 Å². The number of hydrogen-bond donors (Lipinski definition) is 1. The van der Waals surface area contributed by atoms with Crippen LogP contribution in [0.1, 0.15) is 24.8 Å². The minimum Gasteiger partial charge on any atom is -0.399 e. The summed E-state index contributed by atoms with van der Waals surface area (Å²) in [6.45, 7) is 2.82. The topological polar surface area (TPSA) is 49.6 Å². The number of hydrogen-bond acceptors (Lipinski definition) is 3. The first kappa shape index (κ1) is 16.0. The molecule has 2 N–H and O–H groups in total. The van der Waals surface area contributed by atoms with Crippen LogP contribution in [0.4, 0.5) is 17.1 Å². The van der Waals surface area contributed by atoms with Crippen LogP contribution in [0, 0.1) is 5.92 Å². The van der Waals surface area contributed by atoms with Gasteiger partial charge in [0.1, 0.15) is 0 Å². The lowest BCUT2D eigenvalue weighted by molar-refractivity contribution is -0.118. The highest BCUT2D eigenvalue weighted by atomic mass is 16.2. The first-order valence-corrected chi connectivity index (χ1v) is 9.20. The Labute approximate surface area is 149 Å². The van der Waals surface area contributed by atoms with Crippen LogP contribution in [0.3, 0.4) is 0 Å². The second-order valence-electron chi connectivity index (χ2n) is 7.12. The van der Waals surface area contributed by atoms with Crippen molar-refractivity contribution in [3.05, 3.63) is 54.1 Å². The van der Waals surface area contributed by atoms with Gasteiger partial charge in [0.2, 0.25) is 5.91 Å². The van der Waals surface area contributed by atoms with Gasteiger partial charge in [-0.2, -0.15) is 0 Å². The largest absolute Gasteiger partial charge is 0.399 e. The third kappa shape index (κ3) is 3.48. The Morgan fingerprint density at radius 1 is 1.00 bits per heavy atom. The van der Waals surface area contributed by atoms with Gasteiger partial charge in [0.15, 0.2) is 0 Å². The molecule has 0 radical (unpaired) electrons. The van der Waals surface area contributed by atoms with Crippen molar-refractivity contribution >= 4 is 23.0 Å². The summed E-state index contributed by atoms with van der Waals surface area (Å²) in [7, 11) is 0. The summed E-state index contributed by atoms with van der Waals surface area (Å²) in [6.07, 6.45) is 3.88. The lowest BCUT2D eigenvalue weighted by Crippen LogP contribution is -2.44. The molecule has 1 aliphatic carbocycles. The fourth-order valence-electron chi connectivity index (χ4n) is 3.62. The van der Waals surface area contributed by atoms with Crippen molar-refractivity contribution in [1.82, 2.24) is 0 Å². The number of aryl methyl sites for hydroxylation is 1. The Kier molecular flexibility index (Phi) is 4.35. The summed E-state index contributed by atoms with van der Waals surface area (Å²) < 4.78 is 0. The molecule has 2 aromatic carbocycles. The molecule has 2 aromatic rings. The van der Waals surface area contributed by atoms with Crippen molar-refractivity contribution in [3.8, 4) is 0 Å². The van der Waals surface area contributed by atoms with Gasteiger partial charge in [-0.15, -0.1) is 0 Å². The van der Waals surface area contributed by atoms with Gasteiger partial charge in [-0.3, -0.25) is 4.79 Å². The summed E-state index contributed by atoms with van der Waals surface area (Å²) in [5, 5.41) is 0. The zero-order chi connectivity index (χ0) is 17.2. The molecule has 0 unspecified atom stereocenters. The van der Waals surface area contributed by atoms with E-state index in [1.807, 2.05) is 35.2 Å². The minimum absolute atomic E-state index is 0.182. The van der Waals surface area contributed by atoms with E-state index in [1.165, 1.54) is 18.5 Å². The van der Waals surface area contributed by atoms with Crippen molar-refractivity contribution < 1.29 is 4.79 Å². The molecule has 0 saturated heterocycles. The van der Waals surface area contributed by atoms with Gasteiger partial charge in [-0.05, 0) is 48.9 Å². The van der Waals surface area contributed by atoms with Gasteiger partial charge < -0.3 is 15.5 Å². The summed E-state index contributed by atoms with van der Waals surface area (Å²) in [6, 6.07) is 16.1. The van der Waals surface area contributed by atoms with Crippen molar-refractivity contribution in [1.29, 1.82) is 0 Å². The van der Waals surface area contributed by atoms with Crippen LogP contribution in [-0.2, 0) is 11.2 Å². The fourth-order valence-corrected chi connectivity index (χ4v) is 3.62. The van der Waals surface area contributed by atoms with Crippen LogP contribution in [0.2, 0.25) is 0 Å². The lowest BCUT2D eigenvalue weighted by Gasteiger charge is -2.38. The Bertz CT molecular complexity index is 769. The van der Waals surface area contributed by atoms with Crippen molar-refractivity contribution in [3.63, 3.8) is 0 Å². The van der Waals surface area contributed by atoms with Crippen LogP contribution in [0.5, 0.6) is 0 Å². The predicted octanol–water partition coefficient (Wildman–Crippen LogP) is 3.46. The van der Waals surface area contributed by atoms with Crippen LogP contribution in [0.25, 0.3) is 0 Å². The number of fused-ring (bicyclic) bond motifs is 1. The van der Waals surface area contributed by atoms with E-state index in [9.17, 15) is 4.79 Å². The highest BCUT2D eigenvalue weighted by Gasteiger charge is 2.30. The van der Waals surface area contributed by atoms with Gasteiger partial charge in [0, 0.05) is 31.7 Å². The van der Waals surface area contributed by atoms with Crippen molar-refractivity contribution in [2.75, 3.05) is 35.2 Å². The average Bonchev–Trinajstić information content (AvgIpc) is 3.45. The smallest absolute Gasteiger partial charge is 0.227 e. The Hall–Kier alpha value is -2.49. The molecule has 4 rings (SSSR count). The van der Waals surface area contributed by atoms with Crippen LogP contribution in [0.15, 0.2) is 48.5 Å². The zero-order valence-electron chi connectivity index (χ0n) is 14.5. The summed E-state index contributed by atoms with van der Waals surface area (Å²) in [5.74, 6) is 1.03. The third-order valence-corrected chi connectivity index (χ3v) is 5.25. The third-order valence-electron chi connectivity index (χ3n) is 5.25. The first-order chi connectivity index (χ1) is 12.2. The van der Waals surface area contributed by atoms with Gasteiger partial charge in [-0.1, -0.05) is 30.3 Å². The summed E-state index contributed by atoms with van der Waals surface area (Å²) >= 11 is 0. The molecule has 4 heteroatoms. The maximum absolute atomic E-state index is 12.9. The number of amides is 1. The van der Waals surface area contributed by atoms with E-state index in [1.54, 1.807) is 0 Å². The molecule has 1 fully saturated rings. The molecule has 130 valence electrons. The normalized spacial score (nSPS) is 16.6. The van der Waals surface area contributed by atoms with Gasteiger partial charge >= 0.3 is 0 Å². The number of nitrogens with zero attached hydrogens (tertiary/aromatic N) is 2. The van der Waals surface area contributed by atoms with E-state index < -0.39 is 0 Å². The maximum atomic E-state index is 12.9. The maximum Gasteiger partial charge on any atom is 0.227 e. The van der Waals surface area contributed by atoms with Crippen molar-refractivity contribution in [2.45, 2.75) is 25.7 Å². The monoisotopic (exact) mass is 335 g/mol. The lowest BCUT2D eigenvalue weighted by atomic mass is 10.1. The van der Waals surface area contributed by atoms with Crippen molar-refractivity contribution in [2.24, 2.45) is 5.92 Å². The molecule has 1 amide bonds. The minimum atomic E-state index is 0.182. The number of nitrogen functional groups attached to an aromatic ring is 1. The number of carbonyl (C=O) groups excluding carboxylic acids is 1. The molecule has 0 aromatic heterocycles. The molecular weight excluding hydrogens is 310 g/mol. The Morgan fingerprint density at radius 3 is 2.48 bits per heavy atom. The summed E-state index contributed by atoms with van der Waals surface area (Å²) in [5.41, 5.74) is 10.1. The fraction of sp³-hybridized carbons (Fsp3) is 0.381. The molecule has 0 spiro atoms. The molecule has 0 atom stereocenters. The van der Waals surface area contributed by atoms with E-state index in [-0.39, 0.29) is 5.91 Å². The number of para-hydroxylation sites is 3. The second-order valence-corrected chi connectivity index (χ2v) is 7.12. The highest BCUT2D eigenvalue weighted by molar-refractivity contribution is 5.98. The molecule has 2 aliphatic rings. The van der Waals surface area contributed by atoms with E-state index >= 15 is 0 Å². The van der Waals surface area contributed by atoms with Gasteiger partial charge in [0.05, 0.1) is 11.4 Å². The first-order valence-electron chi connectivity index (χ1n) is 9.20. The number of anilines is 3. The van der Waals surface area contributed by atoms with Gasteiger partial charge in [-0.25, -0.2) is 0 Å². The Balaban J connectivity index is 1.48. The average molecular weight is 335 g/mol. The van der Waals surface area contributed by atoms with Crippen LogP contribution < -0.4 is 15.5 Å². The molecule has 1 saturated carbocycles. The predicted molar refractivity (Wildman–Crippen MR) is 103 cm³/mol. The zero-order valence-corrected chi connectivity index (χ0v) is 14.5. The second kappa shape index (κ2) is 6.79. The van der Waals surface area contributed by atoms with Gasteiger partial charge in [0.25, 0.3) is 0 Å². The van der Waals surface area contributed by atoms with E-state index in [2.05, 4.69) is 23.1 Å². The van der Waals surface area contributed by atoms with E-state index in [0.29, 0.717) is 12.8 Å². The Morgan fingerprint density at radius 2 is 1.72 bits per heavy atom. The highest BCUT2D eigenvalue weighted by Crippen LogP contribution is 2.37. The summed E-state index contributed by atoms with van der Waals surface area (Å²) in [4.78, 5) is 17.3. The quantitative estimate of drug-likeness (QED) is 0.851. The molecule has 4 nitrogen and oxygen atoms in total. The molecular formula is C21H25N3O. The SMILES string of the molecule is Nc1ccccc1CCC(=O)N1CCN(CC2CC2)c2ccccc21. The number of benzene rings is 2. The number of nitrogens with two attached hydrogens (primary N) is 1. The molecule has 1 aliphatic heterocycles.